The van der Waals surface area contributed by atoms with Crippen molar-refractivity contribution in [1.29, 1.82) is 5.26 Å². The average Bonchev–Trinajstić information content (AvgIpc) is 2.76. The Labute approximate surface area is 172 Å². The van der Waals surface area contributed by atoms with E-state index in [0.29, 0.717) is 17.8 Å². The lowest BCUT2D eigenvalue weighted by Gasteiger charge is -2.15. The maximum atomic E-state index is 9.35. The first-order chi connectivity index (χ1) is 14.2. The first-order valence-electron chi connectivity index (χ1n) is 10.1. The van der Waals surface area contributed by atoms with Crippen LogP contribution < -0.4 is 11.3 Å². The van der Waals surface area contributed by atoms with Crippen molar-refractivity contribution in [1.82, 2.24) is 9.97 Å². The zero-order valence-corrected chi connectivity index (χ0v) is 17.1. The van der Waals surface area contributed by atoms with Crippen LogP contribution in [0.3, 0.4) is 0 Å². The number of aryl methyl sites for hydroxylation is 2. The van der Waals surface area contributed by atoms with Gasteiger partial charge in [0, 0.05) is 24.1 Å². The Hall–Kier alpha value is -3.23. The quantitative estimate of drug-likeness (QED) is 0.430. The highest BCUT2D eigenvalue weighted by atomic mass is 15.3. The number of nitrogens with two attached hydrogens (primary N) is 1. The van der Waals surface area contributed by atoms with Crippen molar-refractivity contribution in [3.63, 3.8) is 0 Å². The molecule has 3 rings (SSSR count). The highest BCUT2D eigenvalue weighted by Gasteiger charge is 2.14. The first kappa shape index (κ1) is 20.5. The number of nitrogen functional groups attached to an aromatic ring is 1. The monoisotopic (exact) mass is 385 g/mol. The molecular weight excluding hydrogens is 358 g/mol. The van der Waals surface area contributed by atoms with Gasteiger partial charge in [-0.3, -0.25) is 0 Å². The smallest absolute Gasteiger partial charge is 0.147 e. The van der Waals surface area contributed by atoms with Gasteiger partial charge in [0.25, 0.3) is 0 Å². The lowest BCUT2D eigenvalue weighted by Crippen LogP contribution is -2.16. The average molecular weight is 386 g/mol. The van der Waals surface area contributed by atoms with Crippen molar-refractivity contribution in [3.05, 3.63) is 76.7 Å². The Morgan fingerprint density at radius 1 is 0.966 bits per heavy atom. The van der Waals surface area contributed by atoms with Gasteiger partial charge in [-0.2, -0.15) is 5.26 Å². The third kappa shape index (κ3) is 4.79. The van der Waals surface area contributed by atoms with E-state index in [9.17, 15) is 5.26 Å². The number of hydrogen-bond acceptors (Lipinski definition) is 5. The molecule has 0 atom stereocenters. The van der Waals surface area contributed by atoms with E-state index in [1.54, 1.807) is 0 Å². The van der Waals surface area contributed by atoms with E-state index in [-0.39, 0.29) is 0 Å². The molecule has 3 N–H and O–H groups in total. The lowest BCUT2D eigenvalue weighted by molar-refractivity contribution is 0.780. The molecule has 0 saturated heterocycles. The minimum Gasteiger partial charge on any atom is -0.308 e. The highest BCUT2D eigenvalue weighted by molar-refractivity contribution is 5.70. The van der Waals surface area contributed by atoms with E-state index in [0.717, 1.165) is 59.5 Å². The summed E-state index contributed by atoms with van der Waals surface area (Å²) in [5.41, 5.74) is 8.72. The fourth-order valence-electron chi connectivity index (χ4n) is 3.50. The van der Waals surface area contributed by atoms with Gasteiger partial charge in [0.1, 0.15) is 11.6 Å². The molecular formula is C24H27N5. The Morgan fingerprint density at radius 3 is 2.34 bits per heavy atom. The molecule has 5 heteroatoms. The lowest BCUT2D eigenvalue weighted by atomic mass is 9.96. The summed E-state index contributed by atoms with van der Waals surface area (Å²) < 4.78 is 0. The van der Waals surface area contributed by atoms with Gasteiger partial charge in [-0.25, -0.2) is 15.8 Å². The van der Waals surface area contributed by atoms with Crippen LogP contribution in [-0.4, -0.2) is 9.97 Å². The van der Waals surface area contributed by atoms with Crippen LogP contribution in [0.4, 0.5) is 5.82 Å². The van der Waals surface area contributed by atoms with E-state index >= 15 is 0 Å². The Kier molecular flexibility index (Phi) is 6.94. The summed E-state index contributed by atoms with van der Waals surface area (Å²) in [5.74, 6) is 7.35. The molecule has 0 unspecified atom stereocenters. The minimum atomic E-state index is 0.681. The molecule has 0 bridgehead atoms. The maximum absolute atomic E-state index is 9.35. The van der Waals surface area contributed by atoms with Gasteiger partial charge < -0.3 is 5.43 Å². The molecule has 1 heterocycles. The number of aromatic nitrogens is 2. The molecule has 148 valence electrons. The number of hydrazine groups is 1. The van der Waals surface area contributed by atoms with Crippen molar-refractivity contribution in [2.24, 2.45) is 5.84 Å². The summed E-state index contributed by atoms with van der Waals surface area (Å²) in [7, 11) is 0. The largest absolute Gasteiger partial charge is 0.308 e. The topological polar surface area (TPSA) is 87.6 Å². The predicted octanol–water partition coefficient (Wildman–Crippen LogP) is 4.80. The molecule has 0 aliphatic heterocycles. The van der Waals surface area contributed by atoms with E-state index < -0.39 is 0 Å². The molecule has 0 amide bonds. The van der Waals surface area contributed by atoms with Crippen LogP contribution in [0.5, 0.6) is 0 Å². The van der Waals surface area contributed by atoms with Gasteiger partial charge in [-0.15, -0.1) is 0 Å². The molecule has 0 spiro atoms. The van der Waals surface area contributed by atoms with Crippen molar-refractivity contribution < 1.29 is 0 Å². The number of hydrogen-bond donors (Lipinski definition) is 2. The van der Waals surface area contributed by atoms with Crippen LogP contribution in [0, 0.1) is 11.3 Å². The van der Waals surface area contributed by atoms with Crippen LogP contribution in [0.1, 0.15) is 54.9 Å². The zero-order valence-electron chi connectivity index (χ0n) is 17.1. The van der Waals surface area contributed by atoms with Gasteiger partial charge in [0.15, 0.2) is 0 Å². The molecule has 3 aromatic rings. The van der Waals surface area contributed by atoms with Crippen molar-refractivity contribution in [2.75, 3.05) is 5.43 Å². The second kappa shape index (κ2) is 9.81. The minimum absolute atomic E-state index is 0.681. The molecule has 1 aromatic heterocycles. The Morgan fingerprint density at radius 2 is 1.69 bits per heavy atom. The van der Waals surface area contributed by atoms with Gasteiger partial charge in [0.2, 0.25) is 0 Å². The third-order valence-electron chi connectivity index (χ3n) is 4.93. The Bertz CT molecular complexity index is 1000. The Balaban J connectivity index is 1.92. The van der Waals surface area contributed by atoms with E-state index in [1.807, 2.05) is 24.3 Å². The van der Waals surface area contributed by atoms with Crippen LogP contribution in [-0.2, 0) is 19.3 Å². The molecule has 0 saturated carbocycles. The number of anilines is 1. The highest BCUT2D eigenvalue weighted by Crippen LogP contribution is 2.26. The number of benzene rings is 2. The van der Waals surface area contributed by atoms with Gasteiger partial charge in [-0.1, -0.05) is 62.7 Å². The van der Waals surface area contributed by atoms with Gasteiger partial charge in [-0.05, 0) is 35.6 Å². The van der Waals surface area contributed by atoms with Crippen LogP contribution in [0.15, 0.2) is 48.5 Å². The van der Waals surface area contributed by atoms with Crippen LogP contribution in [0.2, 0.25) is 0 Å². The molecule has 0 aliphatic carbocycles. The molecule has 2 aromatic carbocycles. The summed E-state index contributed by atoms with van der Waals surface area (Å²) in [6.45, 7) is 4.28. The first-order valence-corrected chi connectivity index (χ1v) is 10.1. The van der Waals surface area contributed by atoms with E-state index in [2.05, 4.69) is 54.6 Å². The SMILES string of the molecule is CCCc1nc(CCC)c(Cc2ccc(-c3ccccc3C#N)cc2)c(NN)n1. The predicted molar refractivity (Wildman–Crippen MR) is 117 cm³/mol. The van der Waals surface area contributed by atoms with Gasteiger partial charge >= 0.3 is 0 Å². The zero-order chi connectivity index (χ0) is 20.6. The third-order valence-corrected chi connectivity index (χ3v) is 4.93. The molecule has 0 radical (unpaired) electrons. The van der Waals surface area contributed by atoms with E-state index in [4.69, 9.17) is 10.8 Å². The van der Waals surface area contributed by atoms with Crippen LogP contribution >= 0.6 is 0 Å². The second-order valence-corrected chi connectivity index (χ2v) is 7.09. The summed E-state index contributed by atoms with van der Waals surface area (Å²) in [6, 6.07) is 18.2. The summed E-state index contributed by atoms with van der Waals surface area (Å²) >= 11 is 0. The fourth-order valence-corrected chi connectivity index (χ4v) is 3.50. The van der Waals surface area contributed by atoms with Crippen LogP contribution in [0.25, 0.3) is 11.1 Å². The fraction of sp³-hybridized carbons (Fsp3) is 0.292. The summed E-state index contributed by atoms with van der Waals surface area (Å²) in [4.78, 5) is 9.43. The molecule has 29 heavy (non-hydrogen) atoms. The van der Waals surface area contributed by atoms with Crippen molar-refractivity contribution in [3.8, 4) is 17.2 Å². The normalized spacial score (nSPS) is 10.6. The molecule has 0 aliphatic rings. The van der Waals surface area contributed by atoms with Gasteiger partial charge in [0.05, 0.1) is 11.6 Å². The number of nitrogens with one attached hydrogen (secondary N) is 1. The second-order valence-electron chi connectivity index (χ2n) is 7.09. The number of nitrogens with zero attached hydrogens (tertiary/aromatic N) is 3. The van der Waals surface area contributed by atoms with Crippen molar-refractivity contribution >= 4 is 5.82 Å². The van der Waals surface area contributed by atoms with Crippen molar-refractivity contribution in [2.45, 2.75) is 46.0 Å². The molecule has 5 nitrogen and oxygen atoms in total. The summed E-state index contributed by atoms with van der Waals surface area (Å²) in [6.07, 6.45) is 4.47. The number of nitriles is 1. The number of rotatable bonds is 8. The maximum Gasteiger partial charge on any atom is 0.147 e. The molecule has 0 fully saturated rings. The van der Waals surface area contributed by atoms with E-state index in [1.165, 1.54) is 0 Å². The standard InChI is InChI=1S/C24H27N5/c1-3-7-22-21(24(29-26)28-23(27-22)8-4-2)15-17-11-13-18(14-12-17)20-10-6-5-9-19(20)16-25/h5-6,9-14H,3-4,7-8,15,26H2,1-2H3,(H,27,28,29). The summed E-state index contributed by atoms with van der Waals surface area (Å²) in [5, 5.41) is 9.35.